The van der Waals surface area contributed by atoms with Gasteiger partial charge in [0.25, 0.3) is 5.91 Å². The van der Waals surface area contributed by atoms with E-state index in [4.69, 9.17) is 0 Å². The molecule has 0 aliphatic carbocycles. The van der Waals surface area contributed by atoms with Crippen molar-refractivity contribution in [3.8, 4) is 5.82 Å². The number of para-hydroxylation sites is 1. The number of pyridine rings is 1. The van der Waals surface area contributed by atoms with E-state index >= 15 is 0 Å². The van der Waals surface area contributed by atoms with E-state index in [0.717, 1.165) is 10.9 Å². The molecule has 3 rings (SSSR count). The molecule has 27 heavy (non-hydrogen) atoms. The van der Waals surface area contributed by atoms with Gasteiger partial charge in [0.2, 0.25) is 0 Å². The molecule has 140 valence electrons. The molecule has 2 heterocycles. The topological polar surface area (TPSA) is 97.1 Å². The van der Waals surface area contributed by atoms with E-state index in [1.165, 1.54) is 18.0 Å². The highest BCUT2D eigenvalue weighted by Gasteiger charge is 2.23. The molecule has 3 aromatic rings. The summed E-state index contributed by atoms with van der Waals surface area (Å²) in [6.07, 6.45) is 3.70. The van der Waals surface area contributed by atoms with Crippen molar-refractivity contribution >= 4 is 34.5 Å². The quantitative estimate of drug-likeness (QED) is 0.650. The molecule has 7 nitrogen and oxygen atoms in total. The van der Waals surface area contributed by atoms with Crippen molar-refractivity contribution in [2.75, 3.05) is 12.0 Å². The number of thioether (sulfide) groups is 1. The van der Waals surface area contributed by atoms with Gasteiger partial charge in [-0.3, -0.25) is 4.79 Å². The van der Waals surface area contributed by atoms with E-state index in [-0.39, 0.29) is 0 Å². The molecule has 0 spiro atoms. The Hall–Kier alpha value is -2.87. The van der Waals surface area contributed by atoms with Gasteiger partial charge in [0.1, 0.15) is 6.04 Å². The highest BCUT2D eigenvalue weighted by Crippen LogP contribution is 2.17. The maximum absolute atomic E-state index is 12.5. The smallest absolute Gasteiger partial charge is 0.326 e. The lowest BCUT2D eigenvalue weighted by molar-refractivity contribution is -0.139. The van der Waals surface area contributed by atoms with E-state index in [9.17, 15) is 14.7 Å². The molecule has 2 aromatic heterocycles. The number of carboxylic acids is 1. The predicted octanol–water partition coefficient (Wildman–Crippen LogP) is 2.67. The molecule has 1 aromatic carbocycles. The number of carboxylic acid groups (broad SMARTS) is 1. The standard InChI is InChI=1S/C19H20N4O3S/c1-12-14(18(24)22-16(19(25)26)9-10-27-2)11-20-23(12)17-8-7-13-5-3-4-6-15(13)21-17/h3-8,11,16H,9-10H2,1-2H3,(H,22,24)(H,25,26). The molecule has 0 aliphatic heterocycles. The summed E-state index contributed by atoms with van der Waals surface area (Å²) in [7, 11) is 0. The van der Waals surface area contributed by atoms with Crippen LogP contribution in [0.25, 0.3) is 16.7 Å². The number of carbonyl (C=O) groups excluding carboxylic acids is 1. The van der Waals surface area contributed by atoms with E-state index < -0.39 is 17.9 Å². The number of nitrogens with zero attached hydrogens (tertiary/aromatic N) is 3. The van der Waals surface area contributed by atoms with Crippen LogP contribution >= 0.6 is 11.8 Å². The molecule has 1 unspecified atom stereocenters. The number of rotatable bonds is 7. The normalized spacial score (nSPS) is 12.1. The predicted molar refractivity (Wildman–Crippen MR) is 105 cm³/mol. The van der Waals surface area contributed by atoms with Gasteiger partial charge in [-0.2, -0.15) is 16.9 Å². The molecule has 0 aliphatic rings. The number of hydrogen-bond acceptors (Lipinski definition) is 5. The fourth-order valence-corrected chi connectivity index (χ4v) is 3.24. The van der Waals surface area contributed by atoms with Crippen LogP contribution in [0.2, 0.25) is 0 Å². The molecule has 0 fully saturated rings. The molecular weight excluding hydrogens is 364 g/mol. The van der Waals surface area contributed by atoms with Crippen molar-refractivity contribution in [3.05, 3.63) is 53.9 Å². The van der Waals surface area contributed by atoms with Crippen molar-refractivity contribution in [1.82, 2.24) is 20.1 Å². The third-order valence-electron chi connectivity index (χ3n) is 4.27. The van der Waals surface area contributed by atoms with Crippen molar-refractivity contribution in [1.29, 1.82) is 0 Å². The van der Waals surface area contributed by atoms with Crippen LogP contribution in [-0.4, -0.2) is 49.8 Å². The summed E-state index contributed by atoms with van der Waals surface area (Å²) in [4.78, 5) is 28.5. The number of benzene rings is 1. The fourth-order valence-electron chi connectivity index (χ4n) is 2.77. The minimum atomic E-state index is -1.04. The number of aliphatic carboxylic acids is 1. The second-order valence-corrected chi connectivity index (χ2v) is 7.05. The number of nitrogens with one attached hydrogen (secondary N) is 1. The Morgan fingerprint density at radius 2 is 2.04 bits per heavy atom. The largest absolute Gasteiger partial charge is 0.480 e. The first-order chi connectivity index (χ1) is 13.0. The van der Waals surface area contributed by atoms with Crippen LogP contribution in [0, 0.1) is 6.92 Å². The first-order valence-corrected chi connectivity index (χ1v) is 9.84. The highest BCUT2D eigenvalue weighted by atomic mass is 32.2. The van der Waals surface area contributed by atoms with Crippen molar-refractivity contribution < 1.29 is 14.7 Å². The first kappa shape index (κ1) is 18.9. The SMILES string of the molecule is CSCCC(NC(=O)c1cnn(-c2ccc3ccccc3n2)c1C)C(=O)O. The Morgan fingerprint density at radius 3 is 2.78 bits per heavy atom. The Bertz CT molecular complexity index is 986. The van der Waals surface area contributed by atoms with Gasteiger partial charge in [0.15, 0.2) is 5.82 Å². The van der Waals surface area contributed by atoms with Crippen LogP contribution in [0.15, 0.2) is 42.6 Å². The van der Waals surface area contributed by atoms with Gasteiger partial charge < -0.3 is 10.4 Å². The minimum absolute atomic E-state index is 0.334. The van der Waals surface area contributed by atoms with E-state index in [1.807, 2.05) is 42.7 Å². The van der Waals surface area contributed by atoms with Crippen LogP contribution in [0.1, 0.15) is 22.5 Å². The summed E-state index contributed by atoms with van der Waals surface area (Å²) in [5.41, 5.74) is 1.77. The van der Waals surface area contributed by atoms with Crippen LogP contribution in [0.4, 0.5) is 0 Å². The average molecular weight is 384 g/mol. The first-order valence-electron chi connectivity index (χ1n) is 8.44. The van der Waals surface area contributed by atoms with Gasteiger partial charge >= 0.3 is 5.97 Å². The molecule has 0 radical (unpaired) electrons. The van der Waals surface area contributed by atoms with Crippen LogP contribution in [0.3, 0.4) is 0 Å². The zero-order valence-electron chi connectivity index (χ0n) is 15.0. The molecule has 0 bridgehead atoms. The zero-order chi connectivity index (χ0) is 19.4. The van der Waals surface area contributed by atoms with Crippen molar-refractivity contribution in [2.45, 2.75) is 19.4 Å². The summed E-state index contributed by atoms with van der Waals surface area (Å²) in [5, 5.41) is 17.2. The zero-order valence-corrected chi connectivity index (χ0v) is 15.9. The van der Waals surface area contributed by atoms with Crippen LogP contribution < -0.4 is 5.32 Å². The van der Waals surface area contributed by atoms with E-state index in [1.54, 1.807) is 11.6 Å². The van der Waals surface area contributed by atoms with Gasteiger partial charge in [-0.15, -0.1) is 0 Å². The number of amides is 1. The summed E-state index contributed by atoms with van der Waals surface area (Å²) in [5.74, 6) is -0.245. The minimum Gasteiger partial charge on any atom is -0.480 e. The summed E-state index contributed by atoms with van der Waals surface area (Å²) in [6, 6.07) is 10.6. The number of fused-ring (bicyclic) bond motifs is 1. The lowest BCUT2D eigenvalue weighted by atomic mass is 10.2. The third kappa shape index (κ3) is 4.11. The fraction of sp³-hybridized carbons (Fsp3) is 0.263. The van der Waals surface area contributed by atoms with Crippen LogP contribution in [0.5, 0.6) is 0 Å². The number of carbonyl (C=O) groups is 2. The van der Waals surface area contributed by atoms with Crippen molar-refractivity contribution in [3.63, 3.8) is 0 Å². The Labute approximate surface area is 160 Å². The van der Waals surface area contributed by atoms with E-state index in [0.29, 0.717) is 29.2 Å². The van der Waals surface area contributed by atoms with Gasteiger partial charge in [-0.1, -0.05) is 18.2 Å². The molecule has 8 heteroatoms. The summed E-state index contributed by atoms with van der Waals surface area (Å²) in [6.45, 7) is 1.76. The maximum atomic E-state index is 12.5. The molecule has 0 saturated heterocycles. The highest BCUT2D eigenvalue weighted by molar-refractivity contribution is 7.98. The monoisotopic (exact) mass is 384 g/mol. The van der Waals surface area contributed by atoms with Gasteiger partial charge in [0.05, 0.1) is 23.0 Å². The van der Waals surface area contributed by atoms with Crippen LogP contribution in [-0.2, 0) is 4.79 Å². The molecular formula is C19H20N4O3S. The second kappa shape index (κ2) is 8.22. The third-order valence-corrected chi connectivity index (χ3v) is 4.91. The van der Waals surface area contributed by atoms with Gasteiger partial charge in [-0.05, 0) is 43.6 Å². The number of hydrogen-bond donors (Lipinski definition) is 2. The van der Waals surface area contributed by atoms with Crippen molar-refractivity contribution in [2.24, 2.45) is 0 Å². The average Bonchev–Trinajstić information content (AvgIpc) is 3.05. The van der Waals surface area contributed by atoms with E-state index in [2.05, 4.69) is 15.4 Å². The number of aromatic nitrogens is 3. The Balaban J connectivity index is 1.85. The molecule has 1 atom stereocenters. The summed E-state index contributed by atoms with van der Waals surface area (Å²) >= 11 is 1.54. The molecule has 0 saturated carbocycles. The molecule has 1 amide bonds. The molecule has 2 N–H and O–H groups in total. The maximum Gasteiger partial charge on any atom is 0.326 e. The lowest BCUT2D eigenvalue weighted by Gasteiger charge is -2.13. The lowest BCUT2D eigenvalue weighted by Crippen LogP contribution is -2.41. The van der Waals surface area contributed by atoms with Gasteiger partial charge in [0, 0.05) is 5.39 Å². The summed E-state index contributed by atoms with van der Waals surface area (Å²) < 4.78 is 1.58. The van der Waals surface area contributed by atoms with Gasteiger partial charge in [-0.25, -0.2) is 14.5 Å². The Morgan fingerprint density at radius 1 is 1.26 bits per heavy atom. The second-order valence-electron chi connectivity index (χ2n) is 6.06. The Kier molecular flexibility index (Phi) is 5.75.